The summed E-state index contributed by atoms with van der Waals surface area (Å²) in [6, 6.07) is 17.6. The van der Waals surface area contributed by atoms with Crippen LogP contribution in [0, 0.1) is 0 Å². The standard InChI is InChI=1S/C22H27N5O2/c1-27(2)13-12-23-21-15-18(16-8-6-5-7-9-16)25-22(26-21)24-17-10-11-19(28-3)20(14-17)29-4/h5-11,14-15H,12-13H2,1-4H3,(H2,23,24,25,26). The largest absolute Gasteiger partial charge is 0.493 e. The molecule has 29 heavy (non-hydrogen) atoms. The molecule has 7 nitrogen and oxygen atoms in total. The van der Waals surface area contributed by atoms with E-state index in [2.05, 4.69) is 20.5 Å². The van der Waals surface area contributed by atoms with Crippen LogP contribution in [0.15, 0.2) is 54.6 Å². The van der Waals surface area contributed by atoms with Gasteiger partial charge in [0.05, 0.1) is 19.9 Å². The van der Waals surface area contributed by atoms with Crippen molar-refractivity contribution in [1.29, 1.82) is 0 Å². The molecule has 2 N–H and O–H groups in total. The molecule has 0 aliphatic heterocycles. The van der Waals surface area contributed by atoms with Gasteiger partial charge in [-0.15, -0.1) is 0 Å². The minimum atomic E-state index is 0.505. The summed E-state index contributed by atoms with van der Waals surface area (Å²) < 4.78 is 10.7. The van der Waals surface area contributed by atoms with Gasteiger partial charge in [0.15, 0.2) is 11.5 Å². The van der Waals surface area contributed by atoms with Crippen LogP contribution in [0.5, 0.6) is 11.5 Å². The highest BCUT2D eigenvalue weighted by Gasteiger charge is 2.09. The Labute approximate surface area is 171 Å². The van der Waals surface area contributed by atoms with Gasteiger partial charge in [-0.3, -0.25) is 0 Å². The van der Waals surface area contributed by atoms with Crippen molar-refractivity contribution < 1.29 is 9.47 Å². The molecule has 3 rings (SSSR count). The number of likely N-dealkylation sites (N-methyl/N-ethyl adjacent to an activating group) is 1. The van der Waals surface area contributed by atoms with Crippen LogP contribution in [0.3, 0.4) is 0 Å². The number of aromatic nitrogens is 2. The van der Waals surface area contributed by atoms with Gasteiger partial charge in [0.25, 0.3) is 0 Å². The van der Waals surface area contributed by atoms with Gasteiger partial charge in [0, 0.05) is 36.5 Å². The van der Waals surface area contributed by atoms with Crippen molar-refractivity contribution in [3.05, 3.63) is 54.6 Å². The van der Waals surface area contributed by atoms with Gasteiger partial charge in [-0.2, -0.15) is 4.98 Å². The van der Waals surface area contributed by atoms with Crippen LogP contribution in [0.2, 0.25) is 0 Å². The van der Waals surface area contributed by atoms with E-state index < -0.39 is 0 Å². The Bertz CT molecular complexity index is 932. The number of benzene rings is 2. The summed E-state index contributed by atoms with van der Waals surface area (Å²) in [7, 11) is 7.31. The second-order valence-corrected chi connectivity index (χ2v) is 6.75. The van der Waals surface area contributed by atoms with E-state index in [1.165, 1.54) is 0 Å². The van der Waals surface area contributed by atoms with Gasteiger partial charge in [-0.25, -0.2) is 4.98 Å². The first-order chi connectivity index (χ1) is 14.1. The van der Waals surface area contributed by atoms with Crippen LogP contribution in [-0.2, 0) is 0 Å². The van der Waals surface area contributed by atoms with Crippen LogP contribution in [0.4, 0.5) is 17.5 Å². The predicted octanol–water partition coefficient (Wildman–Crippen LogP) is 3.88. The number of anilines is 3. The lowest BCUT2D eigenvalue weighted by Crippen LogP contribution is -2.21. The third-order valence-corrected chi connectivity index (χ3v) is 4.30. The first-order valence-electron chi connectivity index (χ1n) is 9.41. The lowest BCUT2D eigenvalue weighted by atomic mass is 10.1. The topological polar surface area (TPSA) is 71.5 Å². The highest BCUT2D eigenvalue weighted by molar-refractivity contribution is 5.67. The predicted molar refractivity (Wildman–Crippen MR) is 117 cm³/mol. The molecule has 0 amide bonds. The third-order valence-electron chi connectivity index (χ3n) is 4.30. The monoisotopic (exact) mass is 393 g/mol. The second kappa shape index (κ2) is 9.75. The molecule has 0 saturated carbocycles. The normalized spacial score (nSPS) is 10.7. The summed E-state index contributed by atoms with van der Waals surface area (Å²) in [5.74, 6) is 2.58. The van der Waals surface area contributed by atoms with Crippen molar-refractivity contribution >= 4 is 17.5 Å². The molecule has 0 atom stereocenters. The Morgan fingerprint density at radius 1 is 0.897 bits per heavy atom. The molecule has 0 radical (unpaired) electrons. The van der Waals surface area contributed by atoms with E-state index in [1.807, 2.05) is 68.7 Å². The lowest BCUT2D eigenvalue weighted by Gasteiger charge is -2.14. The molecule has 0 spiro atoms. The van der Waals surface area contributed by atoms with Crippen molar-refractivity contribution in [3.8, 4) is 22.8 Å². The fourth-order valence-corrected chi connectivity index (χ4v) is 2.80. The van der Waals surface area contributed by atoms with Crippen LogP contribution in [0.25, 0.3) is 11.3 Å². The van der Waals surface area contributed by atoms with Crippen molar-refractivity contribution in [2.75, 3.05) is 52.0 Å². The highest BCUT2D eigenvalue weighted by atomic mass is 16.5. The smallest absolute Gasteiger partial charge is 0.229 e. The Hall–Kier alpha value is -3.32. The van der Waals surface area contributed by atoms with Gasteiger partial charge < -0.3 is 25.0 Å². The number of rotatable bonds is 9. The zero-order valence-corrected chi connectivity index (χ0v) is 17.3. The van der Waals surface area contributed by atoms with E-state index >= 15 is 0 Å². The van der Waals surface area contributed by atoms with Crippen molar-refractivity contribution in [3.63, 3.8) is 0 Å². The maximum Gasteiger partial charge on any atom is 0.229 e. The Morgan fingerprint density at radius 3 is 2.34 bits per heavy atom. The maximum absolute atomic E-state index is 5.38. The number of nitrogens with one attached hydrogen (secondary N) is 2. The van der Waals surface area contributed by atoms with Crippen molar-refractivity contribution in [2.45, 2.75) is 0 Å². The molecule has 0 aliphatic carbocycles. The molecule has 1 aromatic heterocycles. The second-order valence-electron chi connectivity index (χ2n) is 6.75. The van der Waals surface area contributed by atoms with Crippen LogP contribution >= 0.6 is 0 Å². The Balaban J connectivity index is 1.90. The zero-order chi connectivity index (χ0) is 20.6. The Kier molecular flexibility index (Phi) is 6.86. The number of methoxy groups -OCH3 is 2. The summed E-state index contributed by atoms with van der Waals surface area (Å²) >= 11 is 0. The lowest BCUT2D eigenvalue weighted by molar-refractivity contribution is 0.355. The minimum Gasteiger partial charge on any atom is -0.493 e. The summed E-state index contributed by atoms with van der Waals surface area (Å²) in [6.45, 7) is 1.69. The van der Waals surface area contributed by atoms with E-state index in [0.717, 1.165) is 35.9 Å². The summed E-state index contributed by atoms with van der Waals surface area (Å²) in [5.41, 5.74) is 2.68. The molecule has 3 aromatic rings. The average molecular weight is 393 g/mol. The van der Waals surface area contributed by atoms with E-state index in [9.17, 15) is 0 Å². The zero-order valence-electron chi connectivity index (χ0n) is 17.3. The van der Waals surface area contributed by atoms with Crippen LogP contribution in [-0.4, -0.2) is 56.3 Å². The van der Waals surface area contributed by atoms with Crippen LogP contribution < -0.4 is 20.1 Å². The number of hydrogen-bond acceptors (Lipinski definition) is 7. The third kappa shape index (κ3) is 5.58. The summed E-state index contributed by atoms with van der Waals surface area (Å²) in [6.07, 6.45) is 0. The molecular weight excluding hydrogens is 366 g/mol. The molecule has 0 aliphatic rings. The molecule has 0 unspecified atom stereocenters. The molecule has 7 heteroatoms. The molecule has 152 valence electrons. The minimum absolute atomic E-state index is 0.505. The molecule has 1 heterocycles. The summed E-state index contributed by atoms with van der Waals surface area (Å²) in [4.78, 5) is 11.4. The van der Waals surface area contributed by atoms with Crippen molar-refractivity contribution in [1.82, 2.24) is 14.9 Å². The highest BCUT2D eigenvalue weighted by Crippen LogP contribution is 2.31. The average Bonchev–Trinajstić information content (AvgIpc) is 2.74. The van der Waals surface area contributed by atoms with E-state index in [4.69, 9.17) is 14.5 Å². The summed E-state index contributed by atoms with van der Waals surface area (Å²) in [5, 5.41) is 6.65. The first kappa shape index (κ1) is 20.4. The number of hydrogen-bond donors (Lipinski definition) is 2. The van der Waals surface area contributed by atoms with Gasteiger partial charge >= 0.3 is 0 Å². The quantitative estimate of drug-likeness (QED) is 0.572. The first-order valence-corrected chi connectivity index (χ1v) is 9.41. The molecule has 0 fully saturated rings. The maximum atomic E-state index is 5.38. The van der Waals surface area contributed by atoms with E-state index in [1.54, 1.807) is 14.2 Å². The van der Waals surface area contributed by atoms with Gasteiger partial charge in [0.2, 0.25) is 5.95 Å². The fraction of sp³-hybridized carbons (Fsp3) is 0.273. The van der Waals surface area contributed by atoms with Gasteiger partial charge in [-0.1, -0.05) is 30.3 Å². The molecule has 0 saturated heterocycles. The molecular formula is C22H27N5O2. The molecule has 0 bridgehead atoms. The van der Waals surface area contributed by atoms with Gasteiger partial charge in [0.1, 0.15) is 5.82 Å². The number of ether oxygens (including phenoxy) is 2. The van der Waals surface area contributed by atoms with Crippen LogP contribution in [0.1, 0.15) is 0 Å². The SMILES string of the molecule is COc1ccc(Nc2nc(NCCN(C)C)cc(-c3ccccc3)n2)cc1OC. The van der Waals surface area contributed by atoms with E-state index in [0.29, 0.717) is 17.4 Å². The number of nitrogens with zero attached hydrogens (tertiary/aromatic N) is 3. The molecule has 2 aromatic carbocycles. The fourth-order valence-electron chi connectivity index (χ4n) is 2.80. The van der Waals surface area contributed by atoms with Gasteiger partial charge in [-0.05, 0) is 26.2 Å². The van der Waals surface area contributed by atoms with E-state index in [-0.39, 0.29) is 0 Å². The van der Waals surface area contributed by atoms with Crippen molar-refractivity contribution in [2.24, 2.45) is 0 Å². The Morgan fingerprint density at radius 2 is 1.66 bits per heavy atom.